The Morgan fingerprint density at radius 1 is 0.967 bits per heavy atom. The van der Waals surface area contributed by atoms with Crippen LogP contribution in [0.3, 0.4) is 0 Å². The summed E-state index contributed by atoms with van der Waals surface area (Å²) < 4.78 is 43.3. The minimum Gasteiger partial charge on any atom is -0.497 e. The number of anilines is 4. The zero-order valence-corrected chi connectivity index (χ0v) is 16.3. The van der Waals surface area contributed by atoms with Crippen LogP contribution in [0.15, 0.2) is 66.7 Å². The second-order valence-corrected chi connectivity index (χ2v) is 6.55. The second kappa shape index (κ2) is 8.36. The van der Waals surface area contributed by atoms with E-state index in [9.17, 15) is 18.0 Å². The van der Waals surface area contributed by atoms with Crippen molar-refractivity contribution in [2.24, 2.45) is 5.73 Å². The van der Waals surface area contributed by atoms with Gasteiger partial charge in [-0.25, -0.2) is 0 Å². The quantitative estimate of drug-likeness (QED) is 0.572. The van der Waals surface area contributed by atoms with E-state index in [-0.39, 0.29) is 0 Å². The molecule has 3 aromatic rings. The zero-order chi connectivity index (χ0) is 21.9. The first-order chi connectivity index (χ1) is 14.2. The molecule has 0 heterocycles. The van der Waals surface area contributed by atoms with Crippen molar-refractivity contribution in [3.8, 4) is 5.75 Å². The molecular formula is C22H20F3N3O2. The third-order valence-electron chi connectivity index (χ3n) is 4.61. The number of carbonyl (C=O) groups excluding carboxylic acids is 1. The van der Waals surface area contributed by atoms with E-state index in [2.05, 4.69) is 5.32 Å². The highest BCUT2D eigenvalue weighted by atomic mass is 19.4. The van der Waals surface area contributed by atoms with Gasteiger partial charge in [-0.05, 0) is 66.7 Å². The Kier molecular flexibility index (Phi) is 5.86. The van der Waals surface area contributed by atoms with Gasteiger partial charge in [-0.3, -0.25) is 4.79 Å². The molecule has 0 bridgehead atoms. The SMILES string of the molecule is COc1ccc(Nc2ccc(N(C)c3ccc(C(F)(F)F)cc3)cc2)c(C(N)=O)c1. The van der Waals surface area contributed by atoms with Gasteiger partial charge in [0.05, 0.1) is 23.9 Å². The normalized spacial score (nSPS) is 11.1. The third kappa shape index (κ3) is 4.65. The third-order valence-corrected chi connectivity index (χ3v) is 4.61. The number of nitrogens with one attached hydrogen (secondary N) is 1. The van der Waals surface area contributed by atoms with Crippen molar-refractivity contribution in [2.45, 2.75) is 6.18 Å². The molecule has 0 aliphatic carbocycles. The van der Waals surface area contributed by atoms with Crippen LogP contribution in [0.2, 0.25) is 0 Å². The molecular weight excluding hydrogens is 395 g/mol. The van der Waals surface area contributed by atoms with Gasteiger partial charge in [-0.15, -0.1) is 0 Å². The molecule has 3 N–H and O–H groups in total. The molecule has 30 heavy (non-hydrogen) atoms. The van der Waals surface area contributed by atoms with Crippen LogP contribution in [0.1, 0.15) is 15.9 Å². The number of nitrogens with zero attached hydrogens (tertiary/aromatic N) is 1. The Hall–Kier alpha value is -3.68. The minimum atomic E-state index is -4.37. The van der Waals surface area contributed by atoms with E-state index >= 15 is 0 Å². The molecule has 1 amide bonds. The molecule has 0 aliphatic rings. The van der Waals surface area contributed by atoms with Gasteiger partial charge in [0.15, 0.2) is 0 Å². The predicted octanol–water partition coefficient (Wildman–Crippen LogP) is 5.32. The Bertz CT molecular complexity index is 1030. The minimum absolute atomic E-state index is 0.292. The molecule has 0 unspecified atom stereocenters. The molecule has 0 radical (unpaired) electrons. The maximum Gasteiger partial charge on any atom is 0.416 e. The lowest BCUT2D eigenvalue weighted by molar-refractivity contribution is -0.137. The van der Waals surface area contributed by atoms with Gasteiger partial charge in [0.25, 0.3) is 5.91 Å². The fourth-order valence-corrected chi connectivity index (χ4v) is 2.91. The van der Waals surface area contributed by atoms with Gasteiger partial charge in [0.1, 0.15) is 5.75 Å². The molecule has 0 saturated carbocycles. The Labute approximate surface area is 171 Å². The van der Waals surface area contributed by atoms with E-state index in [0.29, 0.717) is 28.4 Å². The Balaban J connectivity index is 1.77. The number of ether oxygens (including phenoxy) is 1. The van der Waals surface area contributed by atoms with Gasteiger partial charge in [-0.2, -0.15) is 13.2 Å². The van der Waals surface area contributed by atoms with Gasteiger partial charge in [0.2, 0.25) is 0 Å². The Morgan fingerprint density at radius 2 is 1.53 bits per heavy atom. The van der Waals surface area contributed by atoms with E-state index in [4.69, 9.17) is 10.5 Å². The number of hydrogen-bond acceptors (Lipinski definition) is 4. The van der Waals surface area contributed by atoms with E-state index < -0.39 is 17.6 Å². The van der Waals surface area contributed by atoms with Gasteiger partial charge in [-0.1, -0.05) is 0 Å². The number of nitrogens with two attached hydrogens (primary N) is 1. The number of primary amides is 1. The molecule has 0 fully saturated rings. The second-order valence-electron chi connectivity index (χ2n) is 6.55. The van der Waals surface area contributed by atoms with Crippen LogP contribution in [0.5, 0.6) is 5.75 Å². The molecule has 0 saturated heterocycles. The van der Waals surface area contributed by atoms with Crippen LogP contribution in [-0.2, 0) is 6.18 Å². The molecule has 156 valence electrons. The summed E-state index contributed by atoms with van der Waals surface area (Å²) in [4.78, 5) is 13.5. The smallest absolute Gasteiger partial charge is 0.416 e. The van der Waals surface area contributed by atoms with Crippen molar-refractivity contribution in [1.82, 2.24) is 0 Å². The lowest BCUT2D eigenvalue weighted by Crippen LogP contribution is -2.13. The van der Waals surface area contributed by atoms with E-state index in [1.165, 1.54) is 19.2 Å². The predicted molar refractivity (Wildman–Crippen MR) is 111 cm³/mol. The van der Waals surface area contributed by atoms with Crippen LogP contribution >= 0.6 is 0 Å². The summed E-state index contributed by atoms with van der Waals surface area (Å²) in [5.74, 6) is -0.0714. The molecule has 0 atom stereocenters. The van der Waals surface area contributed by atoms with Crippen LogP contribution in [0.25, 0.3) is 0 Å². The number of alkyl halides is 3. The zero-order valence-electron chi connectivity index (χ0n) is 16.3. The van der Waals surface area contributed by atoms with Crippen LogP contribution in [0.4, 0.5) is 35.9 Å². The first-order valence-electron chi connectivity index (χ1n) is 8.95. The fraction of sp³-hybridized carbons (Fsp3) is 0.136. The number of carbonyl (C=O) groups is 1. The highest BCUT2D eigenvalue weighted by Crippen LogP contribution is 2.32. The van der Waals surface area contributed by atoms with Gasteiger partial charge >= 0.3 is 6.18 Å². The lowest BCUT2D eigenvalue weighted by atomic mass is 10.1. The maximum absolute atomic E-state index is 12.7. The van der Waals surface area contributed by atoms with Crippen LogP contribution < -0.4 is 20.7 Å². The molecule has 3 rings (SSSR count). The number of rotatable bonds is 6. The Morgan fingerprint density at radius 3 is 2.03 bits per heavy atom. The van der Waals surface area contributed by atoms with E-state index in [1.54, 1.807) is 42.3 Å². The molecule has 0 aromatic heterocycles. The summed E-state index contributed by atoms with van der Waals surface area (Å²) in [5.41, 5.74) is 7.70. The topological polar surface area (TPSA) is 67.6 Å². The van der Waals surface area contributed by atoms with Crippen LogP contribution in [-0.4, -0.2) is 20.1 Å². The monoisotopic (exact) mass is 415 g/mol. The largest absolute Gasteiger partial charge is 0.497 e. The number of amides is 1. The van der Waals surface area contributed by atoms with Crippen molar-refractivity contribution in [3.63, 3.8) is 0 Å². The highest BCUT2D eigenvalue weighted by molar-refractivity contribution is 5.99. The first-order valence-corrected chi connectivity index (χ1v) is 8.95. The number of hydrogen-bond donors (Lipinski definition) is 2. The molecule has 0 spiro atoms. The summed E-state index contributed by atoms with van der Waals surface area (Å²) in [5, 5.41) is 3.14. The summed E-state index contributed by atoms with van der Waals surface area (Å²) in [6, 6.07) is 17.1. The maximum atomic E-state index is 12.7. The van der Waals surface area contributed by atoms with Crippen molar-refractivity contribution < 1.29 is 22.7 Å². The summed E-state index contributed by atoms with van der Waals surface area (Å²) >= 11 is 0. The lowest BCUT2D eigenvalue weighted by Gasteiger charge is -2.21. The summed E-state index contributed by atoms with van der Waals surface area (Å²) in [6.45, 7) is 0. The molecule has 0 aliphatic heterocycles. The van der Waals surface area contributed by atoms with Crippen molar-refractivity contribution in [2.75, 3.05) is 24.4 Å². The van der Waals surface area contributed by atoms with Crippen molar-refractivity contribution in [3.05, 3.63) is 77.9 Å². The highest BCUT2D eigenvalue weighted by Gasteiger charge is 2.30. The van der Waals surface area contributed by atoms with Crippen molar-refractivity contribution in [1.29, 1.82) is 0 Å². The number of halogens is 3. The first kappa shape index (κ1) is 21.0. The molecule has 8 heteroatoms. The van der Waals surface area contributed by atoms with Crippen molar-refractivity contribution >= 4 is 28.7 Å². The molecule has 5 nitrogen and oxygen atoms in total. The number of benzene rings is 3. The van der Waals surface area contributed by atoms with E-state index in [0.717, 1.165) is 17.8 Å². The average Bonchev–Trinajstić information content (AvgIpc) is 2.73. The average molecular weight is 415 g/mol. The summed E-state index contributed by atoms with van der Waals surface area (Å²) in [7, 11) is 3.26. The van der Waals surface area contributed by atoms with Crippen LogP contribution in [0, 0.1) is 0 Å². The van der Waals surface area contributed by atoms with Gasteiger partial charge in [0, 0.05) is 24.1 Å². The van der Waals surface area contributed by atoms with Gasteiger partial charge < -0.3 is 20.7 Å². The summed E-state index contributed by atoms with van der Waals surface area (Å²) in [6.07, 6.45) is -4.37. The number of methoxy groups -OCH3 is 1. The standard InChI is InChI=1S/C22H20F3N3O2/c1-28(16-7-3-14(4-8-16)22(23,24)25)17-9-5-15(6-10-17)27-20-12-11-18(30-2)13-19(20)21(26)29/h3-13,27H,1-2H3,(H2,26,29). The van der Waals surface area contributed by atoms with E-state index in [1.807, 2.05) is 12.1 Å². The fourth-order valence-electron chi connectivity index (χ4n) is 2.91. The molecule has 3 aromatic carbocycles.